The highest BCUT2D eigenvalue weighted by molar-refractivity contribution is 5.73. The molecule has 0 bridgehead atoms. The van der Waals surface area contributed by atoms with Gasteiger partial charge in [0.25, 0.3) is 0 Å². The maximum atomic E-state index is 10.9. The largest absolute Gasteiger partial charge is 0.479 e. The quantitative estimate of drug-likeness (QED) is 0.523. The zero-order valence-electron chi connectivity index (χ0n) is 7.97. The third-order valence-corrected chi connectivity index (χ3v) is 2.04. The van der Waals surface area contributed by atoms with E-state index in [-0.39, 0.29) is 11.1 Å². The number of pyridine rings is 1. The average molecular weight is 213 g/mol. The molecule has 0 fully saturated rings. The Morgan fingerprint density at radius 3 is 2.53 bits per heavy atom. The SMILES string of the molecule is Cc1cc(=O)[nH]cc1C(O)C(O)C(=O)O. The summed E-state index contributed by atoms with van der Waals surface area (Å²) in [4.78, 5) is 23.6. The summed E-state index contributed by atoms with van der Waals surface area (Å²) >= 11 is 0. The van der Waals surface area contributed by atoms with Crippen LogP contribution < -0.4 is 5.56 Å². The van der Waals surface area contributed by atoms with Gasteiger partial charge in [-0.25, -0.2) is 4.79 Å². The van der Waals surface area contributed by atoms with E-state index in [2.05, 4.69) is 4.98 Å². The minimum Gasteiger partial charge on any atom is -0.479 e. The van der Waals surface area contributed by atoms with Crippen molar-refractivity contribution in [3.63, 3.8) is 0 Å². The summed E-state index contributed by atoms with van der Waals surface area (Å²) in [5, 5.41) is 27.1. The minimum absolute atomic E-state index is 0.185. The van der Waals surface area contributed by atoms with Crippen molar-refractivity contribution in [3.05, 3.63) is 33.7 Å². The number of aromatic amines is 1. The van der Waals surface area contributed by atoms with Crippen molar-refractivity contribution in [2.24, 2.45) is 0 Å². The summed E-state index contributed by atoms with van der Waals surface area (Å²) in [6.45, 7) is 1.54. The highest BCUT2D eigenvalue weighted by Crippen LogP contribution is 2.18. The number of rotatable bonds is 3. The molecule has 0 aliphatic carbocycles. The topological polar surface area (TPSA) is 111 Å². The van der Waals surface area contributed by atoms with Gasteiger partial charge in [-0.1, -0.05) is 0 Å². The summed E-state index contributed by atoms with van der Waals surface area (Å²) in [5.41, 5.74) is 0.254. The molecule has 2 unspecified atom stereocenters. The van der Waals surface area contributed by atoms with Gasteiger partial charge in [0, 0.05) is 17.8 Å². The number of aliphatic hydroxyl groups is 2. The Labute approximate surface area is 84.8 Å². The Morgan fingerprint density at radius 2 is 2.07 bits per heavy atom. The average Bonchev–Trinajstić information content (AvgIpc) is 2.15. The summed E-state index contributed by atoms with van der Waals surface area (Å²) in [7, 11) is 0. The summed E-state index contributed by atoms with van der Waals surface area (Å²) in [6.07, 6.45) is -2.27. The van der Waals surface area contributed by atoms with E-state index >= 15 is 0 Å². The second-order valence-electron chi connectivity index (χ2n) is 3.16. The predicted octanol–water partition coefficient (Wildman–Crippen LogP) is -0.838. The molecule has 15 heavy (non-hydrogen) atoms. The number of carboxylic acids is 1. The van der Waals surface area contributed by atoms with Gasteiger partial charge in [0.1, 0.15) is 6.10 Å². The number of carboxylic acid groups (broad SMARTS) is 1. The first-order valence-electron chi connectivity index (χ1n) is 4.21. The lowest BCUT2D eigenvalue weighted by atomic mass is 10.0. The van der Waals surface area contributed by atoms with Crippen LogP contribution in [0.15, 0.2) is 17.1 Å². The van der Waals surface area contributed by atoms with Crippen molar-refractivity contribution in [1.29, 1.82) is 0 Å². The number of hydrogen-bond donors (Lipinski definition) is 4. The number of aryl methyl sites for hydroxylation is 1. The second kappa shape index (κ2) is 4.24. The molecular formula is C9H11NO5. The lowest BCUT2D eigenvalue weighted by Gasteiger charge is -2.15. The Morgan fingerprint density at radius 1 is 1.47 bits per heavy atom. The molecule has 82 valence electrons. The van der Waals surface area contributed by atoms with Gasteiger partial charge in [-0.3, -0.25) is 4.79 Å². The van der Waals surface area contributed by atoms with Gasteiger partial charge in [-0.05, 0) is 12.5 Å². The van der Waals surface area contributed by atoms with Crippen LogP contribution in [-0.4, -0.2) is 32.4 Å². The smallest absolute Gasteiger partial charge is 0.335 e. The maximum absolute atomic E-state index is 10.9. The van der Waals surface area contributed by atoms with E-state index in [0.29, 0.717) is 5.56 Å². The van der Waals surface area contributed by atoms with Gasteiger partial charge in [-0.2, -0.15) is 0 Å². The lowest BCUT2D eigenvalue weighted by Crippen LogP contribution is -2.28. The van der Waals surface area contributed by atoms with Gasteiger partial charge in [-0.15, -0.1) is 0 Å². The number of H-pyrrole nitrogens is 1. The molecule has 6 nitrogen and oxygen atoms in total. The number of aliphatic carboxylic acids is 1. The first-order chi connectivity index (χ1) is 6.93. The minimum atomic E-state index is -1.91. The van der Waals surface area contributed by atoms with E-state index < -0.39 is 18.2 Å². The van der Waals surface area contributed by atoms with Crippen LogP contribution in [-0.2, 0) is 4.79 Å². The van der Waals surface area contributed by atoms with Crippen LogP contribution in [0, 0.1) is 6.92 Å². The Bertz CT molecular complexity index is 425. The van der Waals surface area contributed by atoms with Crippen molar-refractivity contribution in [3.8, 4) is 0 Å². The zero-order valence-corrected chi connectivity index (χ0v) is 7.97. The second-order valence-corrected chi connectivity index (χ2v) is 3.16. The van der Waals surface area contributed by atoms with Crippen LogP contribution in [0.1, 0.15) is 17.2 Å². The molecule has 0 aliphatic heterocycles. The van der Waals surface area contributed by atoms with Crippen LogP contribution in [0.3, 0.4) is 0 Å². The predicted molar refractivity (Wildman–Crippen MR) is 50.4 cm³/mol. The van der Waals surface area contributed by atoms with E-state index in [4.69, 9.17) is 10.2 Å². The summed E-state index contributed by atoms with van der Waals surface area (Å²) < 4.78 is 0. The van der Waals surface area contributed by atoms with Crippen molar-refractivity contribution >= 4 is 5.97 Å². The molecule has 0 saturated carbocycles. The van der Waals surface area contributed by atoms with Gasteiger partial charge < -0.3 is 20.3 Å². The molecule has 0 radical (unpaired) electrons. The van der Waals surface area contributed by atoms with E-state index in [1.807, 2.05) is 0 Å². The van der Waals surface area contributed by atoms with Crippen molar-refractivity contribution in [2.45, 2.75) is 19.1 Å². The molecule has 0 spiro atoms. The van der Waals surface area contributed by atoms with Gasteiger partial charge in [0.2, 0.25) is 5.56 Å². The highest BCUT2D eigenvalue weighted by Gasteiger charge is 2.26. The highest BCUT2D eigenvalue weighted by atomic mass is 16.4. The fraction of sp³-hybridized carbons (Fsp3) is 0.333. The molecule has 0 aliphatic rings. The third-order valence-electron chi connectivity index (χ3n) is 2.04. The molecule has 1 aromatic rings. The molecule has 1 heterocycles. The third kappa shape index (κ3) is 2.42. The fourth-order valence-corrected chi connectivity index (χ4v) is 1.21. The number of aromatic nitrogens is 1. The molecule has 0 aromatic carbocycles. The molecular weight excluding hydrogens is 202 g/mol. The van der Waals surface area contributed by atoms with Crippen LogP contribution in [0.25, 0.3) is 0 Å². The fourth-order valence-electron chi connectivity index (χ4n) is 1.21. The molecule has 1 aromatic heterocycles. The summed E-state index contributed by atoms with van der Waals surface area (Å²) in [6, 6.07) is 1.22. The summed E-state index contributed by atoms with van der Waals surface area (Å²) in [5.74, 6) is -1.52. The van der Waals surface area contributed by atoms with Crippen molar-refractivity contribution in [2.75, 3.05) is 0 Å². The van der Waals surface area contributed by atoms with Crippen LogP contribution in [0.5, 0.6) is 0 Å². The first kappa shape index (κ1) is 11.4. The number of aliphatic hydroxyl groups excluding tert-OH is 2. The van der Waals surface area contributed by atoms with Crippen molar-refractivity contribution in [1.82, 2.24) is 4.98 Å². The zero-order chi connectivity index (χ0) is 11.6. The van der Waals surface area contributed by atoms with Gasteiger partial charge in [0.15, 0.2) is 6.10 Å². The molecule has 0 saturated heterocycles. The standard InChI is InChI=1S/C9H11NO5/c1-4-2-6(11)10-3-5(4)7(12)8(13)9(14)15/h2-3,7-8,12-13H,1H3,(H,10,11)(H,14,15). The first-order valence-corrected chi connectivity index (χ1v) is 4.21. The van der Waals surface area contributed by atoms with E-state index in [0.717, 1.165) is 0 Å². The van der Waals surface area contributed by atoms with Crippen LogP contribution in [0.4, 0.5) is 0 Å². The van der Waals surface area contributed by atoms with Gasteiger partial charge >= 0.3 is 5.97 Å². The maximum Gasteiger partial charge on any atom is 0.335 e. The number of carbonyl (C=O) groups is 1. The van der Waals surface area contributed by atoms with Crippen LogP contribution >= 0.6 is 0 Å². The van der Waals surface area contributed by atoms with E-state index in [1.54, 1.807) is 6.92 Å². The Hall–Kier alpha value is -1.66. The van der Waals surface area contributed by atoms with Gasteiger partial charge in [0.05, 0.1) is 0 Å². The molecule has 2 atom stereocenters. The molecule has 6 heteroatoms. The Kier molecular flexibility index (Phi) is 3.23. The molecule has 1 rings (SSSR count). The lowest BCUT2D eigenvalue weighted by molar-refractivity contribution is -0.153. The molecule has 4 N–H and O–H groups in total. The van der Waals surface area contributed by atoms with E-state index in [1.165, 1.54) is 12.3 Å². The normalized spacial score (nSPS) is 14.6. The van der Waals surface area contributed by atoms with Crippen LogP contribution in [0.2, 0.25) is 0 Å². The number of nitrogens with one attached hydrogen (secondary N) is 1. The Balaban J connectivity index is 3.06. The number of hydrogen-bond acceptors (Lipinski definition) is 4. The van der Waals surface area contributed by atoms with E-state index in [9.17, 15) is 14.7 Å². The monoisotopic (exact) mass is 213 g/mol. The van der Waals surface area contributed by atoms with Crippen molar-refractivity contribution < 1.29 is 20.1 Å². The molecule has 0 amide bonds.